The number of imidazole rings is 1. The van der Waals surface area contributed by atoms with Crippen molar-refractivity contribution in [3.63, 3.8) is 0 Å². The van der Waals surface area contributed by atoms with E-state index >= 15 is 0 Å². The van der Waals surface area contributed by atoms with E-state index in [4.69, 9.17) is 0 Å². The van der Waals surface area contributed by atoms with Gasteiger partial charge < -0.3 is 9.55 Å². The third-order valence-corrected chi connectivity index (χ3v) is 6.79. The Balaban J connectivity index is 1.60. The Labute approximate surface area is 154 Å². The highest BCUT2D eigenvalue weighted by Crippen LogP contribution is 2.23. The second kappa shape index (κ2) is 6.46. The van der Waals surface area contributed by atoms with Gasteiger partial charge in [-0.15, -0.1) is 0 Å². The molecule has 0 bridgehead atoms. The monoisotopic (exact) mass is 389 g/mol. The molecule has 4 rings (SSSR count). The first-order chi connectivity index (χ1) is 12.8. The van der Waals surface area contributed by atoms with E-state index in [0.29, 0.717) is 12.1 Å². The van der Waals surface area contributed by atoms with Crippen LogP contribution in [0.1, 0.15) is 12.2 Å². The SMILES string of the molecule is CN(C[C@@H]1CCc2nccn2C1)S(=O)(=O)c1ccc2[nH]c(=O)[nH]c(=O)c2c1. The lowest BCUT2D eigenvalue weighted by Gasteiger charge is -2.27. The fourth-order valence-electron chi connectivity index (χ4n) is 3.53. The van der Waals surface area contributed by atoms with Crippen molar-refractivity contribution in [2.45, 2.75) is 24.3 Å². The molecule has 0 spiro atoms. The quantitative estimate of drug-likeness (QED) is 0.665. The van der Waals surface area contributed by atoms with Gasteiger partial charge in [-0.1, -0.05) is 0 Å². The summed E-state index contributed by atoms with van der Waals surface area (Å²) >= 11 is 0. The van der Waals surface area contributed by atoms with Gasteiger partial charge in [0.05, 0.1) is 15.8 Å². The molecule has 3 aromatic rings. The number of nitrogens with zero attached hydrogens (tertiary/aromatic N) is 3. The minimum Gasteiger partial charge on any atom is -0.335 e. The van der Waals surface area contributed by atoms with E-state index in [-0.39, 0.29) is 16.2 Å². The van der Waals surface area contributed by atoms with Gasteiger partial charge in [-0.3, -0.25) is 9.78 Å². The lowest BCUT2D eigenvalue weighted by molar-refractivity contribution is 0.303. The molecular formula is C17H19N5O4S. The van der Waals surface area contributed by atoms with Gasteiger partial charge in [0.2, 0.25) is 10.0 Å². The van der Waals surface area contributed by atoms with Crippen LogP contribution in [0.3, 0.4) is 0 Å². The number of aryl methyl sites for hydroxylation is 1. The Kier molecular flexibility index (Phi) is 4.23. The van der Waals surface area contributed by atoms with Crippen LogP contribution in [0.5, 0.6) is 0 Å². The van der Waals surface area contributed by atoms with E-state index in [1.165, 1.54) is 22.5 Å². The fraction of sp³-hybridized carbons (Fsp3) is 0.353. The zero-order chi connectivity index (χ0) is 19.2. The van der Waals surface area contributed by atoms with Crippen LogP contribution in [0.25, 0.3) is 10.9 Å². The predicted molar refractivity (Wildman–Crippen MR) is 99.0 cm³/mol. The topological polar surface area (TPSA) is 121 Å². The van der Waals surface area contributed by atoms with Gasteiger partial charge in [0.15, 0.2) is 0 Å². The number of aromatic nitrogens is 4. The van der Waals surface area contributed by atoms with Crippen molar-refractivity contribution < 1.29 is 8.42 Å². The number of hydrogen-bond acceptors (Lipinski definition) is 5. The Hall–Kier alpha value is -2.72. The summed E-state index contributed by atoms with van der Waals surface area (Å²) in [6.07, 6.45) is 5.36. The minimum atomic E-state index is -3.76. The Bertz CT molecular complexity index is 1220. The molecule has 0 aliphatic carbocycles. The number of nitrogens with one attached hydrogen (secondary N) is 2. The van der Waals surface area contributed by atoms with Crippen LogP contribution in [-0.4, -0.2) is 45.8 Å². The maximum atomic E-state index is 12.9. The van der Waals surface area contributed by atoms with Gasteiger partial charge in [0, 0.05) is 39.0 Å². The van der Waals surface area contributed by atoms with Crippen LogP contribution in [0.15, 0.2) is 45.1 Å². The summed E-state index contributed by atoms with van der Waals surface area (Å²) in [4.78, 5) is 32.2. The number of rotatable bonds is 4. The first-order valence-corrected chi connectivity index (χ1v) is 10.0. The van der Waals surface area contributed by atoms with Gasteiger partial charge in [0.25, 0.3) is 5.56 Å². The summed E-state index contributed by atoms with van der Waals surface area (Å²) in [5.41, 5.74) is -0.949. The predicted octanol–water partition coefficient (Wildman–Crippen LogP) is 0.296. The largest absolute Gasteiger partial charge is 0.335 e. The smallest absolute Gasteiger partial charge is 0.326 e. The molecule has 2 aromatic heterocycles. The second-order valence-corrected chi connectivity index (χ2v) is 8.85. The average molecular weight is 389 g/mol. The number of benzene rings is 1. The van der Waals surface area contributed by atoms with Gasteiger partial charge in [0.1, 0.15) is 5.82 Å². The number of aromatic amines is 2. The zero-order valence-electron chi connectivity index (χ0n) is 14.7. The minimum absolute atomic E-state index is 0.0224. The van der Waals surface area contributed by atoms with Gasteiger partial charge in [-0.25, -0.2) is 22.5 Å². The van der Waals surface area contributed by atoms with Crippen LogP contribution in [-0.2, 0) is 23.0 Å². The first kappa shape index (κ1) is 17.7. The molecule has 3 heterocycles. The number of fused-ring (bicyclic) bond motifs is 2. The molecule has 10 heteroatoms. The van der Waals surface area contributed by atoms with E-state index in [1.807, 2.05) is 6.20 Å². The van der Waals surface area contributed by atoms with Gasteiger partial charge in [-0.05, 0) is 30.5 Å². The summed E-state index contributed by atoms with van der Waals surface area (Å²) < 4.78 is 29.3. The molecule has 9 nitrogen and oxygen atoms in total. The van der Waals surface area contributed by atoms with E-state index < -0.39 is 21.3 Å². The summed E-state index contributed by atoms with van der Waals surface area (Å²) in [5, 5.41) is 0.129. The molecule has 0 unspecified atom stereocenters. The van der Waals surface area contributed by atoms with Crippen molar-refractivity contribution in [3.05, 3.63) is 57.3 Å². The third kappa shape index (κ3) is 3.21. The molecular weight excluding hydrogens is 370 g/mol. The Morgan fingerprint density at radius 3 is 2.93 bits per heavy atom. The number of sulfonamides is 1. The summed E-state index contributed by atoms with van der Waals surface area (Å²) in [6, 6.07) is 4.13. The van der Waals surface area contributed by atoms with Gasteiger partial charge >= 0.3 is 5.69 Å². The van der Waals surface area contributed by atoms with Crippen molar-refractivity contribution >= 4 is 20.9 Å². The maximum absolute atomic E-state index is 12.9. The molecule has 1 aliphatic heterocycles. The standard InChI is InChI=1S/C17H19N5O4S/c1-21(9-11-2-5-15-18-6-7-22(15)10-11)27(25,26)12-3-4-14-13(8-12)16(23)20-17(24)19-14/h3-4,6-8,11H,2,5,9-10H2,1H3,(H2,19,20,23,24)/t11-/m0/s1. The van der Waals surface area contributed by atoms with Crippen LogP contribution in [0, 0.1) is 5.92 Å². The van der Waals surface area contributed by atoms with Crippen LogP contribution in [0.4, 0.5) is 0 Å². The van der Waals surface area contributed by atoms with Gasteiger partial charge in [-0.2, -0.15) is 0 Å². The molecule has 1 atom stereocenters. The summed E-state index contributed by atoms with van der Waals surface area (Å²) in [5.74, 6) is 1.21. The average Bonchev–Trinajstić information content (AvgIpc) is 3.09. The lowest BCUT2D eigenvalue weighted by Crippen LogP contribution is -2.35. The molecule has 0 radical (unpaired) electrons. The van der Waals surface area contributed by atoms with Crippen molar-refractivity contribution in [2.24, 2.45) is 5.92 Å². The zero-order valence-corrected chi connectivity index (χ0v) is 15.5. The molecule has 0 saturated heterocycles. The molecule has 2 N–H and O–H groups in total. The molecule has 0 amide bonds. The lowest BCUT2D eigenvalue weighted by atomic mass is 10.00. The molecule has 1 aliphatic rings. The highest BCUT2D eigenvalue weighted by molar-refractivity contribution is 7.89. The second-order valence-electron chi connectivity index (χ2n) is 6.80. The van der Waals surface area contributed by atoms with Crippen molar-refractivity contribution in [1.82, 2.24) is 23.8 Å². The molecule has 27 heavy (non-hydrogen) atoms. The van der Waals surface area contributed by atoms with Crippen LogP contribution >= 0.6 is 0 Å². The first-order valence-electron chi connectivity index (χ1n) is 8.57. The normalized spacial score (nSPS) is 17.3. The van der Waals surface area contributed by atoms with E-state index in [9.17, 15) is 18.0 Å². The fourth-order valence-corrected chi connectivity index (χ4v) is 4.81. The Morgan fingerprint density at radius 1 is 1.30 bits per heavy atom. The molecule has 142 valence electrons. The Morgan fingerprint density at radius 2 is 2.11 bits per heavy atom. The third-order valence-electron chi connectivity index (χ3n) is 4.97. The van der Waals surface area contributed by atoms with E-state index in [0.717, 1.165) is 25.2 Å². The molecule has 0 fully saturated rings. The van der Waals surface area contributed by atoms with Crippen LogP contribution in [0.2, 0.25) is 0 Å². The van der Waals surface area contributed by atoms with E-state index in [1.54, 1.807) is 13.2 Å². The van der Waals surface area contributed by atoms with Crippen molar-refractivity contribution in [3.8, 4) is 0 Å². The maximum Gasteiger partial charge on any atom is 0.326 e. The number of hydrogen-bond donors (Lipinski definition) is 2. The molecule has 0 saturated carbocycles. The summed E-state index contributed by atoms with van der Waals surface area (Å²) in [7, 11) is -2.22. The van der Waals surface area contributed by atoms with Crippen LogP contribution < -0.4 is 11.2 Å². The molecule has 1 aromatic carbocycles. The van der Waals surface area contributed by atoms with Crippen molar-refractivity contribution in [1.29, 1.82) is 0 Å². The number of H-pyrrole nitrogens is 2. The highest BCUT2D eigenvalue weighted by Gasteiger charge is 2.27. The highest BCUT2D eigenvalue weighted by atomic mass is 32.2. The summed E-state index contributed by atoms with van der Waals surface area (Å²) in [6.45, 7) is 1.10. The van der Waals surface area contributed by atoms with Crippen molar-refractivity contribution in [2.75, 3.05) is 13.6 Å². The van der Waals surface area contributed by atoms with E-state index in [2.05, 4.69) is 19.5 Å².